The van der Waals surface area contributed by atoms with Crippen molar-refractivity contribution in [3.8, 4) is 5.75 Å². The van der Waals surface area contributed by atoms with E-state index in [9.17, 15) is 9.59 Å². The molecule has 1 saturated heterocycles. The van der Waals surface area contributed by atoms with Crippen molar-refractivity contribution in [2.24, 2.45) is 0 Å². The van der Waals surface area contributed by atoms with Gasteiger partial charge in [-0.2, -0.15) is 0 Å². The van der Waals surface area contributed by atoms with Crippen molar-refractivity contribution in [3.05, 3.63) is 47.6 Å². The van der Waals surface area contributed by atoms with Gasteiger partial charge in [0.05, 0.1) is 7.11 Å². The number of hydrogen-bond donors (Lipinski definition) is 1. The summed E-state index contributed by atoms with van der Waals surface area (Å²) in [5.41, 5.74) is 1.70. The molecule has 0 aromatic heterocycles. The first kappa shape index (κ1) is 15.9. The van der Waals surface area contributed by atoms with Gasteiger partial charge in [0.2, 0.25) is 0 Å². The molecule has 0 aliphatic carbocycles. The summed E-state index contributed by atoms with van der Waals surface area (Å²) in [7, 11) is 1.59. The van der Waals surface area contributed by atoms with E-state index in [2.05, 4.69) is 11.9 Å². The highest BCUT2D eigenvalue weighted by molar-refractivity contribution is 7.80. The number of methoxy groups -OCH3 is 1. The maximum Gasteiger partial charge on any atom is 0.265 e. The third kappa shape index (κ3) is 3.07. The maximum absolute atomic E-state index is 12.4. The van der Waals surface area contributed by atoms with E-state index >= 15 is 0 Å². The molecule has 0 saturated carbocycles. The second-order valence-electron chi connectivity index (χ2n) is 4.75. The number of ether oxygens (including phenoxy) is 1. The Morgan fingerprint density at radius 2 is 2.14 bits per heavy atom. The molecule has 5 nitrogen and oxygen atoms in total. The van der Waals surface area contributed by atoms with Crippen molar-refractivity contribution in [1.29, 1.82) is 0 Å². The van der Waals surface area contributed by atoms with Gasteiger partial charge in [-0.25, -0.2) is 0 Å². The summed E-state index contributed by atoms with van der Waals surface area (Å²) in [5.74, 6) is -0.179. The quantitative estimate of drug-likeness (QED) is 0.398. The Balaban J connectivity index is 2.38. The molecule has 2 rings (SSSR count). The zero-order valence-corrected chi connectivity index (χ0v) is 13.2. The molecule has 1 aliphatic heterocycles. The van der Waals surface area contributed by atoms with Gasteiger partial charge in [0.1, 0.15) is 11.3 Å². The highest BCUT2D eigenvalue weighted by Crippen LogP contribution is 2.21. The second kappa shape index (κ2) is 6.53. The van der Waals surface area contributed by atoms with Crippen molar-refractivity contribution in [2.45, 2.75) is 6.92 Å². The number of nitrogens with zero attached hydrogens (tertiary/aromatic N) is 1. The van der Waals surface area contributed by atoms with Crippen LogP contribution in [-0.2, 0) is 9.59 Å². The van der Waals surface area contributed by atoms with Crippen molar-refractivity contribution >= 4 is 35.2 Å². The SMILES string of the molecule is C=CCN1C(=O)/C(=C/c2ccc(OC)c(C)c2)C(=O)NC1=S. The summed E-state index contributed by atoms with van der Waals surface area (Å²) >= 11 is 5.00. The first-order valence-electron chi connectivity index (χ1n) is 6.62. The van der Waals surface area contributed by atoms with Crippen LogP contribution in [0, 0.1) is 6.92 Å². The molecule has 1 heterocycles. The van der Waals surface area contributed by atoms with Gasteiger partial charge in [0, 0.05) is 6.54 Å². The van der Waals surface area contributed by atoms with Crippen molar-refractivity contribution in [2.75, 3.05) is 13.7 Å². The van der Waals surface area contributed by atoms with Crippen molar-refractivity contribution in [1.82, 2.24) is 10.2 Å². The minimum Gasteiger partial charge on any atom is -0.496 e. The molecule has 114 valence electrons. The van der Waals surface area contributed by atoms with E-state index in [1.165, 1.54) is 4.90 Å². The third-order valence-corrected chi connectivity index (χ3v) is 3.55. The van der Waals surface area contributed by atoms with Crippen LogP contribution in [-0.4, -0.2) is 35.5 Å². The van der Waals surface area contributed by atoms with Crippen LogP contribution in [0.4, 0.5) is 0 Å². The Labute approximate surface area is 134 Å². The van der Waals surface area contributed by atoms with Crippen LogP contribution in [0.5, 0.6) is 5.75 Å². The normalized spacial score (nSPS) is 16.7. The maximum atomic E-state index is 12.4. The molecule has 1 aliphatic rings. The molecule has 0 bridgehead atoms. The van der Waals surface area contributed by atoms with E-state index in [0.717, 1.165) is 16.9 Å². The topological polar surface area (TPSA) is 58.6 Å². The van der Waals surface area contributed by atoms with Crippen molar-refractivity contribution < 1.29 is 14.3 Å². The van der Waals surface area contributed by atoms with Gasteiger partial charge in [0.15, 0.2) is 5.11 Å². The fourth-order valence-corrected chi connectivity index (χ4v) is 2.40. The standard InChI is InChI=1S/C16H16N2O3S/c1-4-7-18-15(20)12(14(19)17-16(18)22)9-11-5-6-13(21-3)10(2)8-11/h4-6,8-9H,1,7H2,2-3H3,(H,17,19,22)/b12-9+. The van der Waals surface area contributed by atoms with Gasteiger partial charge in [-0.05, 0) is 48.5 Å². The summed E-state index contributed by atoms with van der Waals surface area (Å²) < 4.78 is 5.19. The number of thiocarbonyl (C=S) groups is 1. The zero-order valence-electron chi connectivity index (χ0n) is 12.4. The van der Waals surface area contributed by atoms with Crippen LogP contribution in [0.3, 0.4) is 0 Å². The number of rotatable bonds is 4. The number of amides is 2. The van der Waals surface area contributed by atoms with Crippen LogP contribution in [0.2, 0.25) is 0 Å². The molecule has 2 amide bonds. The molecular formula is C16H16N2O3S. The number of benzene rings is 1. The van der Waals surface area contributed by atoms with E-state index in [0.29, 0.717) is 0 Å². The van der Waals surface area contributed by atoms with Gasteiger partial charge in [-0.1, -0.05) is 12.1 Å². The fourth-order valence-electron chi connectivity index (χ4n) is 2.15. The Bertz CT molecular complexity index is 695. The van der Waals surface area contributed by atoms with E-state index in [-0.39, 0.29) is 17.2 Å². The average molecular weight is 316 g/mol. The van der Waals surface area contributed by atoms with Crippen LogP contribution in [0.1, 0.15) is 11.1 Å². The predicted octanol–water partition coefficient (Wildman–Crippen LogP) is 1.82. The number of carbonyl (C=O) groups is 2. The Morgan fingerprint density at radius 1 is 1.41 bits per heavy atom. The van der Waals surface area contributed by atoms with Gasteiger partial charge in [-0.3, -0.25) is 19.8 Å². The molecule has 1 N–H and O–H groups in total. The lowest BCUT2D eigenvalue weighted by atomic mass is 10.1. The van der Waals surface area contributed by atoms with Crippen LogP contribution in [0.25, 0.3) is 6.08 Å². The van der Waals surface area contributed by atoms with Gasteiger partial charge in [0.25, 0.3) is 11.8 Å². The van der Waals surface area contributed by atoms with Gasteiger partial charge in [-0.15, -0.1) is 6.58 Å². The molecule has 6 heteroatoms. The number of hydrogen-bond acceptors (Lipinski definition) is 4. The Morgan fingerprint density at radius 3 is 2.73 bits per heavy atom. The van der Waals surface area contributed by atoms with E-state index in [1.807, 2.05) is 13.0 Å². The molecule has 0 radical (unpaired) electrons. The molecule has 1 aromatic carbocycles. The number of aryl methyl sites for hydroxylation is 1. The summed E-state index contributed by atoms with van der Waals surface area (Å²) in [6, 6.07) is 5.42. The first-order valence-corrected chi connectivity index (χ1v) is 7.03. The Hall–Kier alpha value is -2.47. The smallest absolute Gasteiger partial charge is 0.265 e. The predicted molar refractivity (Wildman–Crippen MR) is 88.4 cm³/mol. The monoisotopic (exact) mass is 316 g/mol. The van der Waals surface area contributed by atoms with E-state index in [1.54, 1.807) is 31.4 Å². The lowest BCUT2D eigenvalue weighted by Gasteiger charge is -2.27. The lowest BCUT2D eigenvalue weighted by Crippen LogP contribution is -2.53. The van der Waals surface area contributed by atoms with Gasteiger partial charge >= 0.3 is 0 Å². The summed E-state index contributed by atoms with van der Waals surface area (Å²) in [5, 5.41) is 2.60. The minimum atomic E-state index is -0.496. The molecule has 1 aromatic rings. The highest BCUT2D eigenvalue weighted by Gasteiger charge is 2.32. The van der Waals surface area contributed by atoms with Crippen LogP contribution >= 0.6 is 12.2 Å². The summed E-state index contributed by atoms with van der Waals surface area (Å²) in [4.78, 5) is 25.7. The molecule has 22 heavy (non-hydrogen) atoms. The van der Waals surface area contributed by atoms with Crippen LogP contribution in [0.15, 0.2) is 36.4 Å². The number of carbonyl (C=O) groups excluding carboxylic acids is 2. The lowest BCUT2D eigenvalue weighted by molar-refractivity contribution is -0.128. The molecule has 0 atom stereocenters. The largest absolute Gasteiger partial charge is 0.496 e. The first-order chi connectivity index (χ1) is 10.5. The van der Waals surface area contributed by atoms with E-state index < -0.39 is 11.8 Å². The third-order valence-electron chi connectivity index (χ3n) is 3.23. The molecule has 1 fully saturated rings. The summed E-state index contributed by atoms with van der Waals surface area (Å²) in [6.07, 6.45) is 3.10. The molecular weight excluding hydrogens is 300 g/mol. The zero-order chi connectivity index (χ0) is 16.3. The summed E-state index contributed by atoms with van der Waals surface area (Å²) in [6.45, 7) is 5.72. The Kier molecular flexibility index (Phi) is 4.72. The van der Waals surface area contributed by atoms with Crippen molar-refractivity contribution in [3.63, 3.8) is 0 Å². The van der Waals surface area contributed by atoms with Gasteiger partial charge < -0.3 is 4.74 Å². The highest BCUT2D eigenvalue weighted by atomic mass is 32.1. The molecule has 0 unspecified atom stereocenters. The number of nitrogens with one attached hydrogen (secondary N) is 1. The van der Waals surface area contributed by atoms with Crippen LogP contribution < -0.4 is 10.1 Å². The minimum absolute atomic E-state index is 0.0417. The molecule has 0 spiro atoms. The second-order valence-corrected chi connectivity index (χ2v) is 5.14. The van der Waals surface area contributed by atoms with E-state index in [4.69, 9.17) is 17.0 Å². The fraction of sp³-hybridized carbons (Fsp3) is 0.188. The average Bonchev–Trinajstić information content (AvgIpc) is 2.48.